The van der Waals surface area contributed by atoms with E-state index in [0.29, 0.717) is 24.3 Å². The fourth-order valence-corrected chi connectivity index (χ4v) is 3.81. The van der Waals surface area contributed by atoms with E-state index in [0.717, 1.165) is 11.3 Å². The lowest BCUT2D eigenvalue weighted by atomic mass is 9.80. The molecule has 0 saturated carbocycles. The predicted molar refractivity (Wildman–Crippen MR) is 82.8 cm³/mol. The first-order valence-corrected chi connectivity index (χ1v) is 8.17. The number of carboxylic acids is 1. The Bertz CT molecular complexity index is 617. The van der Waals surface area contributed by atoms with Crippen LogP contribution < -0.4 is 4.74 Å². The monoisotopic (exact) mass is 363 g/mol. The maximum Gasteiger partial charge on any atom is 0.387 e. The Morgan fingerprint density at radius 3 is 2.79 bits per heavy atom. The van der Waals surface area contributed by atoms with E-state index in [2.05, 4.69) is 4.74 Å². The summed E-state index contributed by atoms with van der Waals surface area (Å²) in [5.74, 6) is -1.70. The number of hydrogen-bond acceptors (Lipinski definition) is 5. The molecule has 1 unspecified atom stereocenters. The number of aryl methyl sites for hydroxylation is 1. The lowest BCUT2D eigenvalue weighted by Crippen LogP contribution is -2.52. The fraction of sp³-hybridized carbons (Fsp3) is 0.600. The van der Waals surface area contributed by atoms with Crippen LogP contribution in [0.3, 0.4) is 0 Å². The maximum absolute atomic E-state index is 12.7. The second-order valence-electron chi connectivity index (χ2n) is 5.78. The van der Waals surface area contributed by atoms with Crippen LogP contribution in [0.2, 0.25) is 0 Å². The highest BCUT2D eigenvalue weighted by atomic mass is 32.1. The molecule has 24 heavy (non-hydrogen) atoms. The van der Waals surface area contributed by atoms with Gasteiger partial charge < -0.3 is 19.5 Å². The molecule has 9 heteroatoms. The third-order valence-electron chi connectivity index (χ3n) is 3.97. The van der Waals surface area contributed by atoms with Crippen molar-refractivity contribution in [2.24, 2.45) is 5.41 Å². The number of amides is 1. The number of carboxylic acid groups (broad SMARTS) is 1. The van der Waals surface area contributed by atoms with E-state index in [9.17, 15) is 23.5 Å². The number of hydrogen-bond donors (Lipinski definition) is 1. The minimum Gasteiger partial charge on any atom is -0.481 e. The van der Waals surface area contributed by atoms with E-state index in [1.54, 1.807) is 6.92 Å². The van der Waals surface area contributed by atoms with Gasteiger partial charge in [-0.2, -0.15) is 8.78 Å². The molecule has 1 atom stereocenters. The summed E-state index contributed by atoms with van der Waals surface area (Å²) in [4.78, 5) is 26.5. The lowest BCUT2D eigenvalue weighted by molar-refractivity contribution is -0.155. The maximum atomic E-state index is 12.7. The summed E-state index contributed by atoms with van der Waals surface area (Å²) in [7, 11) is 1.41. The summed E-state index contributed by atoms with van der Waals surface area (Å²) < 4.78 is 34.4. The first kappa shape index (κ1) is 18.6. The molecule has 2 rings (SSSR count). The van der Waals surface area contributed by atoms with Crippen LogP contribution >= 0.6 is 11.3 Å². The molecule has 1 aromatic heterocycles. The molecule has 1 aliphatic rings. The Morgan fingerprint density at radius 2 is 2.21 bits per heavy atom. The van der Waals surface area contributed by atoms with Crippen molar-refractivity contribution in [3.63, 3.8) is 0 Å². The highest BCUT2D eigenvalue weighted by Gasteiger charge is 2.44. The minimum atomic E-state index is -3.03. The van der Waals surface area contributed by atoms with Crippen molar-refractivity contribution in [1.29, 1.82) is 0 Å². The molecule has 2 heterocycles. The van der Waals surface area contributed by atoms with Crippen molar-refractivity contribution in [1.82, 2.24) is 4.90 Å². The molecular weight excluding hydrogens is 344 g/mol. The van der Waals surface area contributed by atoms with Gasteiger partial charge in [0.1, 0.15) is 16.0 Å². The second kappa shape index (κ2) is 7.43. The number of piperidine rings is 1. The van der Waals surface area contributed by atoms with Gasteiger partial charge >= 0.3 is 12.6 Å². The van der Waals surface area contributed by atoms with Crippen molar-refractivity contribution in [3.8, 4) is 5.75 Å². The van der Waals surface area contributed by atoms with Crippen LogP contribution in [-0.4, -0.2) is 55.3 Å². The van der Waals surface area contributed by atoms with Gasteiger partial charge in [-0.3, -0.25) is 9.59 Å². The molecule has 0 radical (unpaired) electrons. The largest absolute Gasteiger partial charge is 0.481 e. The van der Waals surface area contributed by atoms with Crippen LogP contribution in [0, 0.1) is 12.3 Å². The fourth-order valence-electron chi connectivity index (χ4n) is 2.90. The molecule has 1 aliphatic heterocycles. The van der Waals surface area contributed by atoms with Crippen molar-refractivity contribution in [3.05, 3.63) is 15.8 Å². The van der Waals surface area contributed by atoms with E-state index >= 15 is 0 Å². The summed E-state index contributed by atoms with van der Waals surface area (Å²) >= 11 is 1.05. The summed E-state index contributed by atoms with van der Waals surface area (Å²) in [5, 5.41) is 9.53. The Labute approximate surface area is 142 Å². The van der Waals surface area contributed by atoms with Gasteiger partial charge in [0.25, 0.3) is 5.91 Å². The SMILES string of the molecule is COCC1(C(=O)O)CCCN(C(=O)c2sc(C)cc2OC(F)F)C1. The van der Waals surface area contributed by atoms with Gasteiger partial charge in [0, 0.05) is 25.1 Å². The van der Waals surface area contributed by atoms with Crippen LogP contribution in [0.1, 0.15) is 27.4 Å². The third kappa shape index (κ3) is 3.84. The number of ether oxygens (including phenoxy) is 2. The standard InChI is InChI=1S/C15H19F2NO5S/c1-9-6-10(23-14(16)17)11(24-9)12(19)18-5-3-4-15(7-18,8-22-2)13(20)21/h6,14H,3-5,7-8H2,1-2H3,(H,20,21). The molecule has 134 valence electrons. The molecule has 0 spiro atoms. The van der Waals surface area contributed by atoms with E-state index in [1.807, 2.05) is 0 Å². The quantitative estimate of drug-likeness (QED) is 0.841. The smallest absolute Gasteiger partial charge is 0.387 e. The van der Waals surface area contributed by atoms with Crippen molar-refractivity contribution in [2.75, 3.05) is 26.8 Å². The Hall–Kier alpha value is -1.74. The number of alkyl halides is 2. The van der Waals surface area contributed by atoms with Crippen molar-refractivity contribution in [2.45, 2.75) is 26.4 Å². The number of carbonyl (C=O) groups is 2. The van der Waals surface area contributed by atoms with Gasteiger partial charge in [-0.1, -0.05) is 0 Å². The zero-order chi connectivity index (χ0) is 17.9. The molecule has 1 fully saturated rings. The molecule has 0 bridgehead atoms. The zero-order valence-electron chi connectivity index (χ0n) is 13.4. The summed E-state index contributed by atoms with van der Waals surface area (Å²) in [6.45, 7) is -1.03. The van der Waals surface area contributed by atoms with Crippen molar-refractivity contribution >= 4 is 23.2 Å². The van der Waals surface area contributed by atoms with E-state index in [-0.39, 0.29) is 23.8 Å². The molecule has 1 N–H and O–H groups in total. The Balaban J connectivity index is 2.25. The number of halogens is 2. The molecule has 0 aliphatic carbocycles. The average molecular weight is 363 g/mol. The number of likely N-dealkylation sites (tertiary alicyclic amines) is 1. The van der Waals surface area contributed by atoms with Gasteiger partial charge in [-0.25, -0.2) is 0 Å². The van der Waals surface area contributed by atoms with Crippen LogP contribution in [0.5, 0.6) is 5.75 Å². The molecule has 1 saturated heterocycles. The second-order valence-corrected chi connectivity index (χ2v) is 7.03. The number of nitrogens with zero attached hydrogens (tertiary/aromatic N) is 1. The number of rotatable bonds is 6. The van der Waals surface area contributed by atoms with Gasteiger partial charge in [-0.15, -0.1) is 11.3 Å². The first-order chi connectivity index (χ1) is 11.3. The van der Waals surface area contributed by atoms with Crippen molar-refractivity contribution < 1.29 is 33.0 Å². The number of thiophene rings is 1. The number of methoxy groups -OCH3 is 1. The number of aliphatic carboxylic acids is 1. The molecule has 6 nitrogen and oxygen atoms in total. The minimum absolute atomic E-state index is 0.0179. The Morgan fingerprint density at radius 1 is 1.50 bits per heavy atom. The highest BCUT2D eigenvalue weighted by Crippen LogP contribution is 2.35. The lowest BCUT2D eigenvalue weighted by Gasteiger charge is -2.39. The topological polar surface area (TPSA) is 76.1 Å². The average Bonchev–Trinajstić information content (AvgIpc) is 2.86. The van der Waals surface area contributed by atoms with E-state index in [1.165, 1.54) is 18.1 Å². The molecular formula is C15H19F2NO5S. The summed E-state index contributed by atoms with van der Waals surface area (Å²) in [6, 6.07) is 1.38. The van der Waals surface area contributed by atoms with E-state index in [4.69, 9.17) is 4.74 Å². The summed E-state index contributed by atoms with van der Waals surface area (Å²) in [6.07, 6.45) is 0.889. The predicted octanol–water partition coefficient (Wildman–Crippen LogP) is 2.61. The van der Waals surface area contributed by atoms with Gasteiger partial charge in [-0.05, 0) is 25.8 Å². The Kier molecular flexibility index (Phi) is 5.76. The first-order valence-electron chi connectivity index (χ1n) is 7.36. The normalized spacial score (nSPS) is 21.1. The van der Waals surface area contributed by atoms with E-state index < -0.39 is 23.9 Å². The van der Waals surface area contributed by atoms with Crippen LogP contribution in [0.15, 0.2) is 6.07 Å². The summed E-state index contributed by atoms with van der Waals surface area (Å²) in [5.41, 5.74) is -1.18. The molecule has 0 aromatic carbocycles. The van der Waals surface area contributed by atoms with Gasteiger partial charge in [0.2, 0.25) is 0 Å². The van der Waals surface area contributed by atoms with Gasteiger partial charge in [0.15, 0.2) is 0 Å². The van der Waals surface area contributed by atoms with Gasteiger partial charge in [0.05, 0.1) is 6.61 Å². The van der Waals surface area contributed by atoms with Crippen LogP contribution in [0.25, 0.3) is 0 Å². The molecule has 1 amide bonds. The highest BCUT2D eigenvalue weighted by molar-refractivity contribution is 7.14. The molecule has 1 aromatic rings. The van der Waals surface area contributed by atoms with Crippen LogP contribution in [0.4, 0.5) is 8.78 Å². The number of carbonyl (C=O) groups excluding carboxylic acids is 1. The third-order valence-corrected chi connectivity index (χ3v) is 4.99. The zero-order valence-corrected chi connectivity index (χ0v) is 14.2. The van der Waals surface area contributed by atoms with Crippen LogP contribution in [-0.2, 0) is 9.53 Å².